The Labute approximate surface area is 227 Å². The third kappa shape index (κ3) is 6.53. The lowest BCUT2D eigenvalue weighted by Gasteiger charge is -2.30. The van der Waals surface area contributed by atoms with Crippen molar-refractivity contribution < 1.29 is 14.7 Å². The Morgan fingerprint density at radius 2 is 1.55 bits per heavy atom. The summed E-state index contributed by atoms with van der Waals surface area (Å²) < 4.78 is 0. The first kappa shape index (κ1) is 27.6. The number of carboxylic acid groups (broad SMARTS) is 1. The van der Waals surface area contributed by atoms with E-state index in [2.05, 4.69) is 57.2 Å². The highest BCUT2D eigenvalue weighted by Crippen LogP contribution is 2.39. The van der Waals surface area contributed by atoms with E-state index in [0.29, 0.717) is 6.54 Å². The predicted octanol–water partition coefficient (Wildman–Crippen LogP) is 8.51. The number of hydrogen-bond donors (Lipinski definition) is 1. The van der Waals surface area contributed by atoms with Gasteiger partial charge in [-0.2, -0.15) is 0 Å². The molecule has 0 aliphatic heterocycles. The van der Waals surface area contributed by atoms with Gasteiger partial charge in [0.1, 0.15) is 0 Å². The molecule has 4 heteroatoms. The molecule has 200 valence electrons. The molecule has 1 N–H and O–H groups in total. The minimum Gasteiger partial charge on any atom is -0.478 e. The van der Waals surface area contributed by atoms with Crippen LogP contribution in [-0.4, -0.2) is 23.5 Å². The normalized spacial score (nSPS) is 13.4. The van der Waals surface area contributed by atoms with Crippen molar-refractivity contribution in [3.8, 4) is 22.3 Å². The van der Waals surface area contributed by atoms with E-state index in [0.717, 1.165) is 40.3 Å². The quantitative estimate of drug-likeness (QED) is 0.278. The molecular formula is C34H41NO3. The Morgan fingerprint density at radius 3 is 2.13 bits per heavy atom. The van der Waals surface area contributed by atoms with Crippen molar-refractivity contribution in [1.29, 1.82) is 0 Å². The summed E-state index contributed by atoms with van der Waals surface area (Å²) in [5.74, 6) is 0.0875. The molecule has 1 amide bonds. The van der Waals surface area contributed by atoms with Gasteiger partial charge < -0.3 is 10.0 Å². The van der Waals surface area contributed by atoms with Crippen LogP contribution in [-0.2, 0) is 16.6 Å². The summed E-state index contributed by atoms with van der Waals surface area (Å²) in [4.78, 5) is 25.6. The van der Waals surface area contributed by atoms with Gasteiger partial charge in [-0.05, 0) is 94.8 Å². The minimum absolute atomic E-state index is 0.0499. The van der Waals surface area contributed by atoms with Crippen LogP contribution in [0.5, 0.6) is 0 Å². The van der Waals surface area contributed by atoms with E-state index in [1.807, 2.05) is 24.0 Å². The largest absolute Gasteiger partial charge is 0.478 e. The molecule has 0 unspecified atom stereocenters. The lowest BCUT2D eigenvalue weighted by molar-refractivity contribution is -0.116. The van der Waals surface area contributed by atoms with Gasteiger partial charge in [-0.25, -0.2) is 4.79 Å². The number of carbonyl (C=O) groups is 2. The van der Waals surface area contributed by atoms with Crippen molar-refractivity contribution in [3.05, 3.63) is 77.4 Å². The molecule has 1 saturated carbocycles. The molecule has 0 atom stereocenters. The average Bonchev–Trinajstić information content (AvgIpc) is 3.71. The summed E-state index contributed by atoms with van der Waals surface area (Å²) in [5.41, 5.74) is 8.04. The van der Waals surface area contributed by atoms with Crippen LogP contribution in [0.15, 0.2) is 60.7 Å². The predicted molar refractivity (Wildman–Crippen MR) is 157 cm³/mol. The van der Waals surface area contributed by atoms with E-state index in [1.165, 1.54) is 43.2 Å². The van der Waals surface area contributed by atoms with Crippen LogP contribution in [0.25, 0.3) is 22.3 Å². The summed E-state index contributed by atoms with van der Waals surface area (Å²) in [6.45, 7) is 10.9. The molecule has 0 spiro atoms. The molecule has 0 aromatic heterocycles. The van der Waals surface area contributed by atoms with Gasteiger partial charge in [0.15, 0.2) is 0 Å². The first-order valence-corrected chi connectivity index (χ1v) is 14.0. The number of amides is 1. The van der Waals surface area contributed by atoms with Gasteiger partial charge in [0.2, 0.25) is 5.91 Å². The zero-order valence-corrected chi connectivity index (χ0v) is 23.5. The van der Waals surface area contributed by atoms with Crippen LogP contribution in [0.1, 0.15) is 88.2 Å². The van der Waals surface area contributed by atoms with Crippen LogP contribution >= 0.6 is 0 Å². The highest BCUT2D eigenvalue weighted by Gasteiger charge is 2.24. The van der Waals surface area contributed by atoms with Gasteiger partial charge in [0.25, 0.3) is 0 Å². The van der Waals surface area contributed by atoms with Gasteiger partial charge in [-0.1, -0.05) is 76.8 Å². The number of carboxylic acids is 1. The van der Waals surface area contributed by atoms with Gasteiger partial charge in [0.05, 0.1) is 5.56 Å². The van der Waals surface area contributed by atoms with Crippen molar-refractivity contribution in [1.82, 2.24) is 0 Å². The Balaban J connectivity index is 1.77. The zero-order valence-electron chi connectivity index (χ0n) is 23.5. The highest BCUT2D eigenvalue weighted by atomic mass is 16.4. The smallest absolute Gasteiger partial charge is 0.335 e. The van der Waals surface area contributed by atoms with E-state index in [-0.39, 0.29) is 16.9 Å². The number of nitrogens with zero attached hydrogens (tertiary/aromatic N) is 1. The molecule has 4 nitrogen and oxygen atoms in total. The van der Waals surface area contributed by atoms with Gasteiger partial charge >= 0.3 is 5.97 Å². The highest BCUT2D eigenvalue weighted by molar-refractivity contribution is 5.93. The molecule has 0 radical (unpaired) electrons. The maximum Gasteiger partial charge on any atom is 0.335 e. The lowest BCUT2D eigenvalue weighted by atomic mass is 9.82. The molecule has 0 heterocycles. The summed E-state index contributed by atoms with van der Waals surface area (Å²) >= 11 is 0. The standard InChI is InChI=1S/C34H41NO3/c1-6-35(23(2)36)32-20-19-29(22-31(32)34(3,4)5)30-21-28(25-13-16-27(17-14-25)33(37)38)18-15-26(30)10-8-7-9-24-11-12-24/h13-22,24H,6-12H2,1-5H3,(H,37,38). The molecule has 1 aliphatic rings. The van der Waals surface area contributed by atoms with Crippen LogP contribution in [0.4, 0.5) is 5.69 Å². The molecular weight excluding hydrogens is 470 g/mol. The van der Waals surface area contributed by atoms with E-state index in [4.69, 9.17) is 0 Å². The van der Waals surface area contributed by atoms with Gasteiger partial charge in [-0.15, -0.1) is 0 Å². The van der Waals surface area contributed by atoms with Gasteiger partial charge in [0, 0.05) is 19.2 Å². The Hall–Kier alpha value is -3.40. The van der Waals surface area contributed by atoms with Gasteiger partial charge in [-0.3, -0.25) is 4.79 Å². The molecule has 0 saturated heterocycles. The number of aromatic carboxylic acids is 1. The average molecular weight is 512 g/mol. The fourth-order valence-electron chi connectivity index (χ4n) is 5.31. The fourth-order valence-corrected chi connectivity index (χ4v) is 5.31. The number of hydrogen-bond acceptors (Lipinski definition) is 2. The van der Waals surface area contributed by atoms with Crippen molar-refractivity contribution in [2.75, 3.05) is 11.4 Å². The molecule has 38 heavy (non-hydrogen) atoms. The number of carbonyl (C=O) groups excluding carboxylic acids is 1. The molecule has 1 fully saturated rings. The maximum atomic E-state index is 12.4. The Bertz CT molecular complexity index is 1300. The third-order valence-corrected chi connectivity index (χ3v) is 7.68. The second-order valence-corrected chi connectivity index (χ2v) is 11.7. The number of aryl methyl sites for hydroxylation is 1. The van der Waals surface area contributed by atoms with Crippen LogP contribution in [0, 0.1) is 5.92 Å². The van der Waals surface area contributed by atoms with E-state index < -0.39 is 5.97 Å². The van der Waals surface area contributed by atoms with Crippen LogP contribution in [0.2, 0.25) is 0 Å². The minimum atomic E-state index is -0.916. The first-order valence-electron chi connectivity index (χ1n) is 14.0. The Kier molecular flexibility index (Phi) is 8.40. The second kappa shape index (κ2) is 11.6. The number of unbranched alkanes of at least 4 members (excludes halogenated alkanes) is 1. The number of rotatable bonds is 10. The van der Waals surface area contributed by atoms with Crippen LogP contribution in [0.3, 0.4) is 0 Å². The zero-order chi connectivity index (χ0) is 27.4. The lowest BCUT2D eigenvalue weighted by Crippen LogP contribution is -2.30. The van der Waals surface area contributed by atoms with Crippen molar-refractivity contribution in [3.63, 3.8) is 0 Å². The molecule has 3 aromatic carbocycles. The van der Waals surface area contributed by atoms with Crippen molar-refractivity contribution in [2.45, 2.75) is 78.6 Å². The molecule has 1 aliphatic carbocycles. The third-order valence-electron chi connectivity index (χ3n) is 7.68. The topological polar surface area (TPSA) is 57.6 Å². The van der Waals surface area contributed by atoms with E-state index in [9.17, 15) is 14.7 Å². The second-order valence-electron chi connectivity index (χ2n) is 11.7. The summed E-state index contributed by atoms with van der Waals surface area (Å²) in [6.07, 6.45) is 7.60. The molecule has 0 bridgehead atoms. The summed E-state index contributed by atoms with van der Waals surface area (Å²) in [7, 11) is 0. The Morgan fingerprint density at radius 1 is 0.895 bits per heavy atom. The van der Waals surface area contributed by atoms with Crippen molar-refractivity contribution in [2.24, 2.45) is 5.92 Å². The fraction of sp³-hybridized carbons (Fsp3) is 0.412. The monoisotopic (exact) mass is 511 g/mol. The number of benzene rings is 3. The SMILES string of the molecule is CCN(C(C)=O)c1ccc(-c2cc(-c3ccc(C(=O)O)cc3)ccc2CCCCC2CC2)cc1C(C)(C)C. The number of anilines is 1. The summed E-state index contributed by atoms with van der Waals surface area (Å²) in [6, 6.07) is 20.3. The van der Waals surface area contributed by atoms with Crippen LogP contribution < -0.4 is 4.90 Å². The van der Waals surface area contributed by atoms with E-state index in [1.54, 1.807) is 19.1 Å². The van der Waals surface area contributed by atoms with E-state index >= 15 is 0 Å². The molecule has 4 rings (SSSR count). The molecule has 3 aromatic rings. The summed E-state index contributed by atoms with van der Waals surface area (Å²) in [5, 5.41) is 9.30. The maximum absolute atomic E-state index is 12.4. The first-order chi connectivity index (χ1) is 18.1. The van der Waals surface area contributed by atoms with Crippen molar-refractivity contribution >= 4 is 17.6 Å².